The molecule has 0 bridgehead atoms. The van der Waals surface area contributed by atoms with E-state index in [2.05, 4.69) is 4.98 Å². The van der Waals surface area contributed by atoms with Crippen LogP contribution >= 0.6 is 0 Å². The first kappa shape index (κ1) is 22.5. The Bertz CT molecular complexity index is 1090. The number of carbonyl (C=O) groups is 2. The maximum atomic E-state index is 13.2. The van der Waals surface area contributed by atoms with Crippen molar-refractivity contribution in [2.24, 2.45) is 0 Å². The number of anilines is 2. The number of piperazine rings is 1. The molecule has 1 atom stereocenters. The highest BCUT2D eigenvalue weighted by Gasteiger charge is 2.36. The number of amides is 2. The van der Waals surface area contributed by atoms with Gasteiger partial charge in [0.1, 0.15) is 12.4 Å². The summed E-state index contributed by atoms with van der Waals surface area (Å²) in [4.78, 5) is 34.3. The molecule has 34 heavy (non-hydrogen) atoms. The molecule has 1 unspecified atom stereocenters. The highest BCUT2D eigenvalue weighted by Crippen LogP contribution is 2.45. The molecule has 0 N–H and O–H groups in total. The zero-order valence-corrected chi connectivity index (χ0v) is 18.7. The molecule has 3 fully saturated rings. The molecule has 2 saturated heterocycles. The van der Waals surface area contributed by atoms with E-state index < -0.39 is 17.8 Å². The van der Waals surface area contributed by atoms with Gasteiger partial charge in [0.2, 0.25) is 0 Å². The summed E-state index contributed by atoms with van der Waals surface area (Å²) in [6, 6.07) is 8.04. The van der Waals surface area contributed by atoms with Crippen LogP contribution in [-0.2, 0) is 10.9 Å². The van der Waals surface area contributed by atoms with Gasteiger partial charge in [0, 0.05) is 43.6 Å². The van der Waals surface area contributed by atoms with E-state index in [1.807, 2.05) is 11.8 Å². The molecule has 2 aromatic rings. The van der Waals surface area contributed by atoms with Crippen LogP contribution in [0.15, 0.2) is 36.5 Å². The largest absolute Gasteiger partial charge is 0.447 e. The number of hydrogen-bond donors (Lipinski definition) is 0. The number of rotatable bonds is 4. The third kappa shape index (κ3) is 4.28. The zero-order valence-electron chi connectivity index (χ0n) is 18.7. The topological polar surface area (TPSA) is 66.0 Å². The van der Waals surface area contributed by atoms with Crippen molar-refractivity contribution in [1.29, 1.82) is 0 Å². The van der Waals surface area contributed by atoms with E-state index in [4.69, 9.17) is 4.74 Å². The highest BCUT2D eigenvalue weighted by atomic mass is 19.4. The first-order valence-corrected chi connectivity index (χ1v) is 11.4. The number of halogens is 3. The van der Waals surface area contributed by atoms with Crippen LogP contribution in [0.5, 0.6) is 0 Å². The summed E-state index contributed by atoms with van der Waals surface area (Å²) >= 11 is 0. The quantitative estimate of drug-likeness (QED) is 0.662. The number of benzene rings is 1. The van der Waals surface area contributed by atoms with Crippen molar-refractivity contribution >= 4 is 23.5 Å². The van der Waals surface area contributed by atoms with Gasteiger partial charge in [-0.3, -0.25) is 9.69 Å². The van der Waals surface area contributed by atoms with Crippen molar-refractivity contribution in [3.05, 3.63) is 53.2 Å². The molecule has 2 amide bonds. The molecule has 3 aliphatic rings. The second-order valence-corrected chi connectivity index (χ2v) is 9.03. The number of ether oxygens (including phenoxy) is 1. The van der Waals surface area contributed by atoms with Crippen molar-refractivity contribution in [2.75, 3.05) is 42.6 Å². The standard InChI is InChI=1S/C24H25F3N4O3/c1-15-14-34-23(33)31(15)19-6-4-17(5-7-19)22(32)30-10-8-29(9-11-30)21-20(16-2-3-16)12-18(13-28-21)24(25,26)27/h4-7,12-13,15-16H,2-3,8-11,14H2,1H3. The van der Waals surface area contributed by atoms with Gasteiger partial charge in [-0.1, -0.05) is 0 Å². The molecule has 0 radical (unpaired) electrons. The van der Waals surface area contributed by atoms with Gasteiger partial charge in [0.05, 0.1) is 11.6 Å². The molecule has 10 heteroatoms. The second-order valence-electron chi connectivity index (χ2n) is 9.03. The minimum atomic E-state index is -4.41. The van der Waals surface area contributed by atoms with Crippen molar-refractivity contribution in [3.63, 3.8) is 0 Å². The van der Waals surface area contributed by atoms with Gasteiger partial charge in [0.25, 0.3) is 5.91 Å². The fourth-order valence-electron chi connectivity index (χ4n) is 4.53. The van der Waals surface area contributed by atoms with Crippen LogP contribution < -0.4 is 9.80 Å². The van der Waals surface area contributed by atoms with Crippen molar-refractivity contribution in [1.82, 2.24) is 9.88 Å². The van der Waals surface area contributed by atoms with Gasteiger partial charge in [-0.05, 0) is 61.6 Å². The lowest BCUT2D eigenvalue weighted by Gasteiger charge is -2.36. The summed E-state index contributed by atoms with van der Waals surface area (Å²) < 4.78 is 44.5. The van der Waals surface area contributed by atoms with Crippen LogP contribution in [0.25, 0.3) is 0 Å². The third-order valence-corrected chi connectivity index (χ3v) is 6.58. The number of alkyl halides is 3. The van der Waals surface area contributed by atoms with Gasteiger partial charge < -0.3 is 14.5 Å². The average molecular weight is 474 g/mol. The Morgan fingerprint density at radius 1 is 1.09 bits per heavy atom. The summed E-state index contributed by atoms with van der Waals surface area (Å²) in [6.45, 7) is 4.12. The fourth-order valence-corrected chi connectivity index (χ4v) is 4.53. The molecule has 1 aliphatic carbocycles. The number of aromatic nitrogens is 1. The van der Waals surface area contributed by atoms with Crippen molar-refractivity contribution in [3.8, 4) is 0 Å². The lowest BCUT2D eigenvalue weighted by atomic mass is 10.1. The molecule has 180 valence electrons. The normalized spacial score (nSPS) is 21.1. The lowest BCUT2D eigenvalue weighted by Crippen LogP contribution is -2.49. The molecular formula is C24H25F3N4O3. The van der Waals surface area contributed by atoms with Crippen LogP contribution in [0, 0.1) is 0 Å². The SMILES string of the molecule is CC1COC(=O)N1c1ccc(C(=O)N2CCN(c3ncc(C(F)(F)F)cc3C3CC3)CC2)cc1. The summed E-state index contributed by atoms with van der Waals surface area (Å²) in [5, 5.41) is 0. The number of hydrogen-bond acceptors (Lipinski definition) is 5. The van der Waals surface area contributed by atoms with Gasteiger partial charge in [0.15, 0.2) is 0 Å². The lowest BCUT2D eigenvalue weighted by molar-refractivity contribution is -0.137. The number of pyridine rings is 1. The zero-order chi connectivity index (χ0) is 24.0. The highest BCUT2D eigenvalue weighted by molar-refractivity contribution is 5.96. The second kappa shape index (κ2) is 8.48. The maximum absolute atomic E-state index is 13.2. The van der Waals surface area contributed by atoms with E-state index in [1.165, 1.54) is 6.07 Å². The molecule has 1 aromatic carbocycles. The van der Waals surface area contributed by atoms with E-state index in [1.54, 1.807) is 34.1 Å². The molecule has 7 nitrogen and oxygen atoms in total. The minimum Gasteiger partial charge on any atom is -0.447 e. The van der Waals surface area contributed by atoms with Gasteiger partial charge in [-0.15, -0.1) is 0 Å². The molecule has 0 spiro atoms. The minimum absolute atomic E-state index is 0.0681. The molecule has 1 aromatic heterocycles. The first-order chi connectivity index (χ1) is 16.2. The van der Waals surface area contributed by atoms with E-state index in [-0.39, 0.29) is 17.9 Å². The summed E-state index contributed by atoms with van der Waals surface area (Å²) in [5.74, 6) is 0.600. The van der Waals surface area contributed by atoms with E-state index in [0.717, 1.165) is 19.0 Å². The van der Waals surface area contributed by atoms with Gasteiger partial charge >= 0.3 is 12.3 Å². The first-order valence-electron chi connectivity index (χ1n) is 11.4. The Morgan fingerprint density at radius 2 is 1.76 bits per heavy atom. The van der Waals surface area contributed by atoms with E-state index in [0.29, 0.717) is 55.4 Å². The molecular weight excluding hydrogens is 449 g/mol. The Balaban J connectivity index is 1.25. The van der Waals surface area contributed by atoms with Crippen LogP contribution in [-0.4, -0.2) is 60.7 Å². The Kier molecular flexibility index (Phi) is 5.61. The molecule has 1 saturated carbocycles. The summed E-state index contributed by atoms with van der Waals surface area (Å²) in [6.07, 6.45) is -2.16. The number of cyclic esters (lactones) is 1. The van der Waals surface area contributed by atoms with E-state index >= 15 is 0 Å². The van der Waals surface area contributed by atoms with Crippen molar-refractivity contribution in [2.45, 2.75) is 37.9 Å². The van der Waals surface area contributed by atoms with Crippen LogP contribution in [0.4, 0.5) is 29.5 Å². The van der Waals surface area contributed by atoms with E-state index in [9.17, 15) is 22.8 Å². The molecule has 2 aliphatic heterocycles. The molecule has 5 rings (SSSR count). The summed E-state index contributed by atoms with van der Waals surface area (Å²) in [7, 11) is 0. The Hall–Kier alpha value is -3.30. The smallest absolute Gasteiger partial charge is 0.417 e. The predicted molar refractivity (Wildman–Crippen MR) is 119 cm³/mol. The van der Waals surface area contributed by atoms with Crippen LogP contribution in [0.1, 0.15) is 47.2 Å². The van der Waals surface area contributed by atoms with Crippen molar-refractivity contribution < 1.29 is 27.5 Å². The van der Waals surface area contributed by atoms with Gasteiger partial charge in [-0.2, -0.15) is 13.2 Å². The average Bonchev–Trinajstić information content (AvgIpc) is 3.62. The Morgan fingerprint density at radius 3 is 2.32 bits per heavy atom. The Labute approximate surface area is 195 Å². The number of nitrogens with zero attached hydrogens (tertiary/aromatic N) is 4. The fraction of sp³-hybridized carbons (Fsp3) is 0.458. The molecule has 3 heterocycles. The van der Waals surface area contributed by atoms with Gasteiger partial charge in [-0.25, -0.2) is 9.78 Å². The van der Waals surface area contributed by atoms with Crippen LogP contribution in [0.2, 0.25) is 0 Å². The third-order valence-electron chi connectivity index (χ3n) is 6.58. The monoisotopic (exact) mass is 474 g/mol. The number of carbonyl (C=O) groups excluding carboxylic acids is 2. The summed E-state index contributed by atoms with van der Waals surface area (Å²) in [5.41, 5.74) is 1.13. The van der Waals surface area contributed by atoms with Crippen LogP contribution in [0.3, 0.4) is 0 Å². The maximum Gasteiger partial charge on any atom is 0.417 e. The predicted octanol–water partition coefficient (Wildman–Crippen LogP) is 4.29.